The van der Waals surface area contributed by atoms with E-state index in [9.17, 15) is 0 Å². The molecule has 0 aromatic carbocycles. The summed E-state index contributed by atoms with van der Waals surface area (Å²) in [7, 11) is 3.96. The van der Waals surface area contributed by atoms with Crippen LogP contribution in [-0.2, 0) is 0 Å². The predicted molar refractivity (Wildman–Crippen MR) is 54.0 cm³/mol. The monoisotopic (exact) mass is 278 g/mol. The Balaban J connectivity index is 3.13. The highest BCUT2D eigenvalue weighted by Gasteiger charge is 2.02. The zero-order valence-electron chi connectivity index (χ0n) is 6.31. The predicted octanol–water partition coefficient (Wildman–Crippen LogP) is 2.67. The zero-order chi connectivity index (χ0) is 8.43. The van der Waals surface area contributed by atoms with Crippen LogP contribution >= 0.6 is 31.9 Å². The number of aromatic nitrogens is 1. The van der Waals surface area contributed by atoms with Crippen molar-refractivity contribution < 1.29 is 0 Å². The normalized spacial score (nSPS) is 9.82. The molecule has 0 unspecified atom stereocenters. The molecule has 0 saturated heterocycles. The number of pyridine rings is 1. The van der Waals surface area contributed by atoms with E-state index in [0.717, 1.165) is 14.8 Å². The minimum absolute atomic E-state index is 0.866. The molecule has 2 nitrogen and oxygen atoms in total. The Morgan fingerprint density at radius 2 is 2.00 bits per heavy atom. The molecule has 1 heterocycles. The average molecular weight is 280 g/mol. The minimum atomic E-state index is 0.866. The Morgan fingerprint density at radius 3 is 2.45 bits per heavy atom. The highest BCUT2D eigenvalue weighted by molar-refractivity contribution is 9.11. The van der Waals surface area contributed by atoms with Gasteiger partial charge in [-0.05, 0) is 37.9 Å². The van der Waals surface area contributed by atoms with E-state index in [2.05, 4.69) is 36.8 Å². The van der Waals surface area contributed by atoms with Crippen molar-refractivity contribution in [3.63, 3.8) is 0 Å². The van der Waals surface area contributed by atoms with Crippen molar-refractivity contribution in [2.45, 2.75) is 0 Å². The van der Waals surface area contributed by atoms with Crippen LogP contribution in [-0.4, -0.2) is 19.1 Å². The molecule has 0 spiro atoms. The van der Waals surface area contributed by atoms with Crippen LogP contribution in [0.2, 0.25) is 0 Å². The van der Waals surface area contributed by atoms with E-state index in [4.69, 9.17) is 0 Å². The maximum absolute atomic E-state index is 4.13. The lowest BCUT2D eigenvalue weighted by molar-refractivity contribution is 1.09. The second-order valence-corrected chi connectivity index (χ2v) is 4.02. The molecule has 0 fully saturated rings. The van der Waals surface area contributed by atoms with Crippen LogP contribution in [0.3, 0.4) is 0 Å². The summed E-state index contributed by atoms with van der Waals surface area (Å²) in [6.45, 7) is 0. The largest absolute Gasteiger partial charge is 0.375 e. The van der Waals surface area contributed by atoms with Gasteiger partial charge in [0.25, 0.3) is 0 Å². The first-order chi connectivity index (χ1) is 5.11. The molecule has 0 N–H and O–H groups in total. The van der Waals surface area contributed by atoms with E-state index in [0.29, 0.717) is 0 Å². The Hall–Kier alpha value is -0.0900. The van der Waals surface area contributed by atoms with Crippen LogP contribution in [0.15, 0.2) is 21.3 Å². The molecule has 4 heteroatoms. The fraction of sp³-hybridized carbons (Fsp3) is 0.286. The third-order valence-corrected chi connectivity index (χ3v) is 2.31. The summed E-state index contributed by atoms with van der Waals surface area (Å²) in [5.74, 6) is 0. The van der Waals surface area contributed by atoms with E-state index in [1.165, 1.54) is 0 Å². The van der Waals surface area contributed by atoms with Crippen LogP contribution < -0.4 is 4.90 Å². The molecule has 0 amide bonds. The lowest BCUT2D eigenvalue weighted by Crippen LogP contribution is -2.09. The number of rotatable bonds is 1. The Labute approximate surface area is 82.9 Å². The smallest absolute Gasteiger partial charge is 0.129 e. The molecule has 0 radical (unpaired) electrons. The van der Waals surface area contributed by atoms with Crippen LogP contribution in [0.5, 0.6) is 0 Å². The summed E-state index contributed by atoms with van der Waals surface area (Å²) >= 11 is 6.71. The molecule has 0 saturated carbocycles. The van der Waals surface area contributed by atoms with E-state index in [1.807, 2.05) is 25.1 Å². The summed E-state index contributed by atoms with van der Waals surface area (Å²) in [6.07, 6.45) is 1.76. The van der Waals surface area contributed by atoms with Gasteiger partial charge >= 0.3 is 0 Å². The zero-order valence-corrected chi connectivity index (χ0v) is 9.48. The van der Waals surface area contributed by atoms with Gasteiger partial charge in [-0.25, -0.2) is 4.98 Å². The van der Waals surface area contributed by atoms with Gasteiger partial charge in [0.2, 0.25) is 0 Å². The highest BCUT2D eigenvalue weighted by atomic mass is 79.9. The van der Waals surface area contributed by atoms with E-state index < -0.39 is 0 Å². The quantitative estimate of drug-likeness (QED) is 0.735. The van der Waals surface area contributed by atoms with E-state index >= 15 is 0 Å². The molecule has 1 aromatic rings. The number of nitrogens with zero attached hydrogens (tertiary/aromatic N) is 2. The van der Waals surface area contributed by atoms with Crippen molar-refractivity contribution in [3.8, 4) is 0 Å². The third-order valence-electron chi connectivity index (χ3n) is 1.27. The average Bonchev–Trinajstić information content (AvgIpc) is 1.94. The maximum atomic E-state index is 4.13. The van der Waals surface area contributed by atoms with Crippen molar-refractivity contribution in [1.82, 2.24) is 4.98 Å². The van der Waals surface area contributed by atoms with Crippen molar-refractivity contribution in [2.24, 2.45) is 0 Å². The molecular weight excluding hydrogens is 272 g/mol. The maximum Gasteiger partial charge on any atom is 0.129 e. The number of hydrogen-bond donors (Lipinski definition) is 0. The van der Waals surface area contributed by atoms with E-state index in [1.54, 1.807) is 6.20 Å². The molecule has 0 atom stereocenters. The highest BCUT2D eigenvalue weighted by Crippen LogP contribution is 2.25. The van der Waals surface area contributed by atoms with Crippen molar-refractivity contribution in [1.29, 1.82) is 0 Å². The summed E-state index contributed by atoms with van der Waals surface area (Å²) in [4.78, 5) is 6.13. The first kappa shape index (κ1) is 9.00. The van der Waals surface area contributed by atoms with Gasteiger partial charge in [0, 0.05) is 24.8 Å². The van der Waals surface area contributed by atoms with Gasteiger partial charge in [-0.2, -0.15) is 0 Å². The fourth-order valence-electron chi connectivity index (χ4n) is 0.726. The Morgan fingerprint density at radius 1 is 1.36 bits per heavy atom. The molecule has 0 bridgehead atoms. The third kappa shape index (κ3) is 2.17. The standard InChI is InChI=1S/C7H8Br2N2/c1-11(2)6-3-5(8)4-10-7(6)9/h3-4H,1-2H3. The van der Waals surface area contributed by atoms with Crippen LogP contribution in [0.1, 0.15) is 0 Å². The molecule has 1 rings (SSSR count). The lowest BCUT2D eigenvalue weighted by Gasteiger charge is -2.13. The van der Waals surface area contributed by atoms with Crippen LogP contribution in [0, 0.1) is 0 Å². The van der Waals surface area contributed by atoms with Crippen molar-refractivity contribution >= 4 is 37.5 Å². The number of hydrogen-bond acceptors (Lipinski definition) is 2. The molecule has 60 valence electrons. The van der Waals surface area contributed by atoms with Gasteiger partial charge in [-0.15, -0.1) is 0 Å². The molecule has 1 aromatic heterocycles. The number of anilines is 1. The first-order valence-electron chi connectivity index (χ1n) is 3.09. The van der Waals surface area contributed by atoms with Gasteiger partial charge in [-0.3, -0.25) is 0 Å². The van der Waals surface area contributed by atoms with Crippen molar-refractivity contribution in [2.75, 3.05) is 19.0 Å². The van der Waals surface area contributed by atoms with Gasteiger partial charge in [0.1, 0.15) is 4.60 Å². The second kappa shape index (κ2) is 3.54. The second-order valence-electron chi connectivity index (χ2n) is 2.36. The molecule has 0 aliphatic heterocycles. The van der Waals surface area contributed by atoms with E-state index in [-0.39, 0.29) is 0 Å². The van der Waals surface area contributed by atoms with Gasteiger partial charge < -0.3 is 4.90 Å². The van der Waals surface area contributed by atoms with Gasteiger partial charge in [0.05, 0.1) is 5.69 Å². The molecule has 11 heavy (non-hydrogen) atoms. The first-order valence-corrected chi connectivity index (χ1v) is 4.68. The summed E-state index contributed by atoms with van der Waals surface area (Å²) in [6, 6.07) is 2.01. The van der Waals surface area contributed by atoms with Crippen LogP contribution in [0.25, 0.3) is 0 Å². The SMILES string of the molecule is CN(C)c1cc(Br)cnc1Br. The molecule has 0 aliphatic carbocycles. The van der Waals surface area contributed by atoms with Gasteiger partial charge in [0.15, 0.2) is 0 Å². The Bertz CT molecular complexity index is 261. The summed E-state index contributed by atoms with van der Waals surface area (Å²) < 4.78 is 1.86. The van der Waals surface area contributed by atoms with Gasteiger partial charge in [-0.1, -0.05) is 0 Å². The van der Waals surface area contributed by atoms with Crippen molar-refractivity contribution in [3.05, 3.63) is 21.3 Å². The summed E-state index contributed by atoms with van der Waals surface area (Å²) in [5.41, 5.74) is 1.07. The number of halogens is 2. The molecular formula is C7H8Br2N2. The lowest BCUT2D eigenvalue weighted by atomic mass is 10.4. The molecule has 0 aliphatic rings. The fourth-order valence-corrected chi connectivity index (χ4v) is 1.62. The summed E-state index contributed by atoms with van der Waals surface area (Å²) in [5, 5.41) is 0. The van der Waals surface area contributed by atoms with Crippen LogP contribution in [0.4, 0.5) is 5.69 Å². The Kier molecular flexibility index (Phi) is 2.90. The minimum Gasteiger partial charge on any atom is -0.375 e. The topological polar surface area (TPSA) is 16.1 Å².